The van der Waals surface area contributed by atoms with E-state index in [4.69, 9.17) is 5.73 Å². The molecule has 7 nitrogen and oxygen atoms in total. The molecule has 96 valence electrons. The molecule has 0 saturated carbocycles. The van der Waals surface area contributed by atoms with Gasteiger partial charge in [-0.1, -0.05) is 6.07 Å². The Hall–Kier alpha value is -1.96. The highest BCUT2D eigenvalue weighted by atomic mass is 79.9. The highest BCUT2D eigenvalue weighted by molar-refractivity contribution is 9.10. The van der Waals surface area contributed by atoms with Crippen molar-refractivity contribution in [2.24, 2.45) is 5.73 Å². The molecule has 0 bridgehead atoms. The number of hydrogen-bond acceptors (Lipinski definition) is 4. The largest absolute Gasteiger partial charge is 0.368 e. The van der Waals surface area contributed by atoms with Crippen molar-refractivity contribution in [2.75, 3.05) is 13.6 Å². The van der Waals surface area contributed by atoms with Crippen LogP contribution in [0, 0.1) is 10.1 Å². The van der Waals surface area contributed by atoms with Gasteiger partial charge in [0.1, 0.15) is 4.47 Å². The standard InChI is InChI=1S/C10H10BrN3O4/c1-13(5-8(12)15)10(16)6-3-2-4-7(9(6)11)14(17)18/h2-4H,5H2,1H3,(H2,12,15). The van der Waals surface area contributed by atoms with Gasteiger partial charge >= 0.3 is 0 Å². The van der Waals surface area contributed by atoms with E-state index >= 15 is 0 Å². The van der Waals surface area contributed by atoms with Crippen LogP contribution in [0.25, 0.3) is 0 Å². The third-order valence-electron chi connectivity index (χ3n) is 2.15. The molecule has 0 atom stereocenters. The average molecular weight is 316 g/mol. The predicted octanol–water partition coefficient (Wildman–Crippen LogP) is 0.915. The topological polar surface area (TPSA) is 107 Å². The van der Waals surface area contributed by atoms with E-state index in [1.54, 1.807) is 0 Å². The second-order valence-electron chi connectivity index (χ2n) is 3.52. The van der Waals surface area contributed by atoms with Gasteiger partial charge in [-0.3, -0.25) is 19.7 Å². The maximum atomic E-state index is 11.9. The molecule has 0 heterocycles. The summed E-state index contributed by atoms with van der Waals surface area (Å²) in [5.74, 6) is -1.18. The summed E-state index contributed by atoms with van der Waals surface area (Å²) in [4.78, 5) is 33.9. The van der Waals surface area contributed by atoms with Gasteiger partial charge in [-0.2, -0.15) is 0 Å². The molecule has 0 aromatic heterocycles. The van der Waals surface area contributed by atoms with Crippen molar-refractivity contribution < 1.29 is 14.5 Å². The fourth-order valence-corrected chi connectivity index (χ4v) is 1.92. The molecule has 0 fully saturated rings. The lowest BCUT2D eigenvalue weighted by atomic mass is 10.2. The summed E-state index contributed by atoms with van der Waals surface area (Å²) in [5.41, 5.74) is 4.86. The average Bonchev–Trinajstić information content (AvgIpc) is 2.27. The molecule has 0 aliphatic rings. The summed E-state index contributed by atoms with van der Waals surface area (Å²) >= 11 is 3.01. The van der Waals surface area contributed by atoms with E-state index in [1.807, 2.05) is 0 Å². The van der Waals surface area contributed by atoms with Crippen molar-refractivity contribution in [1.29, 1.82) is 0 Å². The highest BCUT2D eigenvalue weighted by Gasteiger charge is 2.22. The smallest absolute Gasteiger partial charge is 0.284 e. The molecule has 2 N–H and O–H groups in total. The first kappa shape index (κ1) is 14.1. The molecular weight excluding hydrogens is 306 g/mol. The number of halogens is 1. The molecule has 0 saturated heterocycles. The first-order valence-electron chi connectivity index (χ1n) is 4.81. The van der Waals surface area contributed by atoms with E-state index in [0.717, 1.165) is 4.90 Å². The number of hydrogen-bond donors (Lipinski definition) is 1. The minimum Gasteiger partial charge on any atom is -0.368 e. The monoisotopic (exact) mass is 315 g/mol. The van der Waals surface area contributed by atoms with Gasteiger partial charge in [0.15, 0.2) is 0 Å². The zero-order valence-corrected chi connectivity index (χ0v) is 11.0. The van der Waals surface area contributed by atoms with Crippen LogP contribution >= 0.6 is 15.9 Å². The molecule has 0 aliphatic carbocycles. The van der Waals surface area contributed by atoms with E-state index in [-0.39, 0.29) is 22.3 Å². The second-order valence-corrected chi connectivity index (χ2v) is 4.32. The Morgan fingerprint density at radius 1 is 1.50 bits per heavy atom. The number of amides is 2. The number of rotatable bonds is 4. The Morgan fingerprint density at radius 3 is 2.61 bits per heavy atom. The lowest BCUT2D eigenvalue weighted by Gasteiger charge is -2.15. The van der Waals surface area contributed by atoms with Crippen LogP contribution < -0.4 is 5.73 Å². The zero-order chi connectivity index (χ0) is 13.9. The van der Waals surface area contributed by atoms with Gasteiger partial charge in [0, 0.05) is 13.1 Å². The first-order valence-corrected chi connectivity index (χ1v) is 5.60. The molecule has 1 aromatic carbocycles. The van der Waals surface area contributed by atoms with Gasteiger partial charge in [-0.25, -0.2) is 0 Å². The molecule has 0 aliphatic heterocycles. The van der Waals surface area contributed by atoms with Crippen LogP contribution in [0.3, 0.4) is 0 Å². The third-order valence-corrected chi connectivity index (χ3v) is 2.98. The van der Waals surface area contributed by atoms with E-state index in [0.29, 0.717) is 0 Å². The molecule has 8 heteroatoms. The zero-order valence-electron chi connectivity index (χ0n) is 9.42. The van der Waals surface area contributed by atoms with Crippen LogP contribution in [0.4, 0.5) is 5.69 Å². The first-order chi connectivity index (χ1) is 8.34. The molecule has 1 aromatic rings. The van der Waals surface area contributed by atoms with E-state index in [9.17, 15) is 19.7 Å². The molecule has 1 rings (SSSR count). The van der Waals surface area contributed by atoms with E-state index < -0.39 is 16.7 Å². The number of carbonyl (C=O) groups excluding carboxylic acids is 2. The van der Waals surface area contributed by atoms with Gasteiger partial charge in [-0.05, 0) is 22.0 Å². The Bertz CT molecular complexity index is 518. The fourth-order valence-electron chi connectivity index (χ4n) is 1.34. The van der Waals surface area contributed by atoms with Gasteiger partial charge in [-0.15, -0.1) is 0 Å². The van der Waals surface area contributed by atoms with Crippen molar-refractivity contribution in [3.63, 3.8) is 0 Å². The predicted molar refractivity (Wildman–Crippen MR) is 67.0 cm³/mol. The maximum Gasteiger partial charge on any atom is 0.284 e. The quantitative estimate of drug-likeness (QED) is 0.658. The van der Waals surface area contributed by atoms with Crippen molar-refractivity contribution >= 4 is 33.4 Å². The lowest BCUT2D eigenvalue weighted by molar-refractivity contribution is -0.385. The van der Waals surface area contributed by atoms with Crippen LogP contribution in [0.2, 0.25) is 0 Å². The van der Waals surface area contributed by atoms with Gasteiger partial charge in [0.2, 0.25) is 5.91 Å². The molecule has 0 unspecified atom stereocenters. The summed E-state index contributed by atoms with van der Waals surface area (Å²) in [5, 5.41) is 10.7. The van der Waals surface area contributed by atoms with Crippen LogP contribution in [0.15, 0.2) is 22.7 Å². The molecule has 2 amide bonds. The minimum atomic E-state index is -0.660. The highest BCUT2D eigenvalue weighted by Crippen LogP contribution is 2.28. The van der Waals surface area contributed by atoms with E-state index in [1.165, 1.54) is 25.2 Å². The summed E-state index contributed by atoms with van der Waals surface area (Å²) in [6.07, 6.45) is 0. The number of carbonyl (C=O) groups is 2. The Labute approximate surface area is 111 Å². The van der Waals surface area contributed by atoms with Crippen molar-refractivity contribution in [2.45, 2.75) is 0 Å². The van der Waals surface area contributed by atoms with Crippen molar-refractivity contribution in [3.05, 3.63) is 38.3 Å². The Morgan fingerprint density at radius 2 is 2.11 bits per heavy atom. The number of benzene rings is 1. The van der Waals surface area contributed by atoms with Crippen molar-refractivity contribution in [1.82, 2.24) is 4.90 Å². The Balaban J connectivity index is 3.10. The van der Waals surface area contributed by atoms with Crippen LogP contribution in [-0.2, 0) is 4.79 Å². The molecule has 18 heavy (non-hydrogen) atoms. The number of likely N-dealkylation sites (N-methyl/N-ethyl adjacent to an activating group) is 1. The molecule has 0 spiro atoms. The summed E-state index contributed by atoms with van der Waals surface area (Å²) < 4.78 is 0.0799. The summed E-state index contributed by atoms with van der Waals surface area (Å²) in [7, 11) is 1.39. The SMILES string of the molecule is CN(CC(N)=O)C(=O)c1cccc([N+](=O)[O-])c1Br. The number of nitrogens with two attached hydrogens (primary N) is 1. The molecule has 0 radical (unpaired) electrons. The van der Waals surface area contributed by atoms with Gasteiger partial charge in [0.05, 0.1) is 17.0 Å². The Kier molecular flexibility index (Phi) is 4.38. The van der Waals surface area contributed by atoms with Crippen LogP contribution in [-0.4, -0.2) is 35.2 Å². The number of nitrogens with zero attached hydrogens (tertiary/aromatic N) is 2. The van der Waals surface area contributed by atoms with E-state index in [2.05, 4.69) is 15.9 Å². The second kappa shape index (κ2) is 5.58. The maximum absolute atomic E-state index is 11.9. The van der Waals surface area contributed by atoms with Crippen LogP contribution in [0.1, 0.15) is 10.4 Å². The number of nitro groups is 1. The fraction of sp³-hybridized carbons (Fsp3) is 0.200. The van der Waals surface area contributed by atoms with Gasteiger partial charge in [0.25, 0.3) is 11.6 Å². The summed E-state index contributed by atoms with van der Waals surface area (Å²) in [6.45, 7) is -0.256. The van der Waals surface area contributed by atoms with Gasteiger partial charge < -0.3 is 10.6 Å². The van der Waals surface area contributed by atoms with Crippen molar-refractivity contribution in [3.8, 4) is 0 Å². The summed E-state index contributed by atoms with van der Waals surface area (Å²) in [6, 6.07) is 4.10. The molecular formula is C10H10BrN3O4. The third kappa shape index (κ3) is 3.04. The minimum absolute atomic E-state index is 0.0799. The number of nitro benzene ring substituents is 1. The lowest BCUT2D eigenvalue weighted by Crippen LogP contribution is -2.35. The normalized spacial score (nSPS) is 9.89. The number of primary amides is 1. The van der Waals surface area contributed by atoms with Crippen LogP contribution in [0.5, 0.6) is 0 Å².